The second-order valence-electron chi connectivity index (χ2n) is 6.67. The zero-order valence-corrected chi connectivity index (χ0v) is 15.7. The molecule has 8 heteroatoms. The zero-order valence-electron chi connectivity index (χ0n) is 15.7. The molecule has 1 fully saturated rings. The SMILES string of the molecule is COc1ncnc2ccc(N3CCN(C(=O)c4c(C)n[nH]c4C)CC3)cc12. The number of anilines is 1. The number of ether oxygens (including phenoxy) is 1. The summed E-state index contributed by atoms with van der Waals surface area (Å²) in [6.45, 7) is 6.62. The molecule has 2 aromatic heterocycles. The van der Waals surface area contributed by atoms with E-state index in [1.54, 1.807) is 7.11 Å². The Morgan fingerprint density at radius 2 is 1.93 bits per heavy atom. The van der Waals surface area contributed by atoms with Gasteiger partial charge in [-0.15, -0.1) is 0 Å². The van der Waals surface area contributed by atoms with Crippen molar-refractivity contribution in [3.63, 3.8) is 0 Å². The van der Waals surface area contributed by atoms with Gasteiger partial charge in [0.2, 0.25) is 5.88 Å². The van der Waals surface area contributed by atoms with Crippen LogP contribution in [0.2, 0.25) is 0 Å². The fraction of sp³-hybridized carbons (Fsp3) is 0.368. The predicted molar refractivity (Wildman–Crippen MR) is 102 cm³/mol. The highest BCUT2D eigenvalue weighted by molar-refractivity contribution is 5.96. The number of hydrogen-bond acceptors (Lipinski definition) is 6. The Labute approximate surface area is 157 Å². The first-order valence-electron chi connectivity index (χ1n) is 8.93. The highest BCUT2D eigenvalue weighted by Gasteiger charge is 2.26. The molecule has 1 aliphatic heterocycles. The minimum absolute atomic E-state index is 0.0481. The molecule has 0 saturated carbocycles. The number of aryl methyl sites for hydroxylation is 2. The Morgan fingerprint density at radius 1 is 1.15 bits per heavy atom. The maximum absolute atomic E-state index is 12.8. The Hall–Kier alpha value is -3.16. The van der Waals surface area contributed by atoms with Gasteiger partial charge in [0.25, 0.3) is 5.91 Å². The lowest BCUT2D eigenvalue weighted by atomic mass is 10.1. The summed E-state index contributed by atoms with van der Waals surface area (Å²) in [5, 5.41) is 7.91. The molecule has 0 unspecified atom stereocenters. The summed E-state index contributed by atoms with van der Waals surface area (Å²) in [5.41, 5.74) is 4.20. The molecule has 1 N–H and O–H groups in total. The van der Waals surface area contributed by atoms with Gasteiger partial charge in [0.15, 0.2) is 0 Å². The van der Waals surface area contributed by atoms with Crippen molar-refractivity contribution >= 4 is 22.5 Å². The number of benzene rings is 1. The molecular weight excluding hydrogens is 344 g/mol. The van der Waals surface area contributed by atoms with Gasteiger partial charge < -0.3 is 14.5 Å². The highest BCUT2D eigenvalue weighted by atomic mass is 16.5. The summed E-state index contributed by atoms with van der Waals surface area (Å²) in [7, 11) is 1.61. The van der Waals surface area contributed by atoms with Gasteiger partial charge in [-0.2, -0.15) is 5.10 Å². The lowest BCUT2D eigenvalue weighted by molar-refractivity contribution is 0.0745. The molecule has 3 aromatic rings. The number of nitrogens with one attached hydrogen (secondary N) is 1. The van der Waals surface area contributed by atoms with E-state index in [1.165, 1.54) is 6.33 Å². The molecule has 8 nitrogen and oxygen atoms in total. The Bertz CT molecular complexity index is 972. The summed E-state index contributed by atoms with van der Waals surface area (Å²) < 4.78 is 5.35. The maximum Gasteiger partial charge on any atom is 0.257 e. The van der Waals surface area contributed by atoms with Crippen molar-refractivity contribution in [1.29, 1.82) is 0 Å². The van der Waals surface area contributed by atoms with Crippen molar-refractivity contribution in [2.45, 2.75) is 13.8 Å². The molecule has 0 bridgehead atoms. The summed E-state index contributed by atoms with van der Waals surface area (Å²) in [6.07, 6.45) is 1.51. The summed E-state index contributed by atoms with van der Waals surface area (Å²) in [5.74, 6) is 0.619. The topological polar surface area (TPSA) is 87.2 Å². The van der Waals surface area contributed by atoms with Crippen molar-refractivity contribution < 1.29 is 9.53 Å². The molecule has 27 heavy (non-hydrogen) atoms. The van der Waals surface area contributed by atoms with E-state index in [4.69, 9.17) is 4.74 Å². The van der Waals surface area contributed by atoms with Crippen molar-refractivity contribution in [2.24, 2.45) is 0 Å². The van der Waals surface area contributed by atoms with Crippen LogP contribution in [0.3, 0.4) is 0 Å². The van der Waals surface area contributed by atoms with E-state index < -0.39 is 0 Å². The lowest BCUT2D eigenvalue weighted by Gasteiger charge is -2.36. The van der Waals surface area contributed by atoms with Gasteiger partial charge in [-0.25, -0.2) is 9.97 Å². The average Bonchev–Trinajstić information content (AvgIpc) is 3.04. The van der Waals surface area contributed by atoms with Crippen molar-refractivity contribution in [3.05, 3.63) is 41.5 Å². The first kappa shape index (κ1) is 17.3. The van der Waals surface area contributed by atoms with Crippen LogP contribution in [0.15, 0.2) is 24.5 Å². The van der Waals surface area contributed by atoms with E-state index in [9.17, 15) is 4.79 Å². The van der Waals surface area contributed by atoms with Crippen LogP contribution in [0.25, 0.3) is 10.9 Å². The molecule has 0 radical (unpaired) electrons. The average molecular weight is 366 g/mol. The fourth-order valence-corrected chi connectivity index (χ4v) is 3.57. The fourth-order valence-electron chi connectivity index (χ4n) is 3.57. The van der Waals surface area contributed by atoms with E-state index in [0.29, 0.717) is 24.5 Å². The van der Waals surface area contributed by atoms with E-state index in [1.807, 2.05) is 24.8 Å². The second-order valence-corrected chi connectivity index (χ2v) is 6.67. The summed E-state index contributed by atoms with van der Waals surface area (Å²) in [6, 6.07) is 6.08. The van der Waals surface area contributed by atoms with E-state index in [-0.39, 0.29) is 5.91 Å². The summed E-state index contributed by atoms with van der Waals surface area (Å²) in [4.78, 5) is 25.4. The van der Waals surface area contributed by atoms with Crippen LogP contribution in [0.4, 0.5) is 5.69 Å². The number of fused-ring (bicyclic) bond motifs is 1. The third kappa shape index (κ3) is 3.07. The highest BCUT2D eigenvalue weighted by Crippen LogP contribution is 2.27. The largest absolute Gasteiger partial charge is 0.480 e. The molecule has 1 saturated heterocycles. The molecule has 1 aliphatic rings. The third-order valence-electron chi connectivity index (χ3n) is 5.05. The number of aromatic amines is 1. The number of aromatic nitrogens is 4. The van der Waals surface area contributed by atoms with Crippen molar-refractivity contribution in [3.8, 4) is 5.88 Å². The molecular formula is C19H22N6O2. The number of piperazine rings is 1. The molecule has 4 rings (SSSR count). The molecule has 0 aliphatic carbocycles. The van der Waals surface area contributed by atoms with Crippen LogP contribution in [0.1, 0.15) is 21.7 Å². The van der Waals surface area contributed by atoms with Gasteiger partial charge in [0, 0.05) is 37.6 Å². The maximum atomic E-state index is 12.8. The lowest BCUT2D eigenvalue weighted by Crippen LogP contribution is -2.49. The van der Waals surface area contributed by atoms with Gasteiger partial charge in [0.1, 0.15) is 6.33 Å². The smallest absolute Gasteiger partial charge is 0.257 e. The van der Waals surface area contributed by atoms with Crippen molar-refractivity contribution in [2.75, 3.05) is 38.2 Å². The molecule has 3 heterocycles. The Kier molecular flexibility index (Phi) is 4.39. The Morgan fingerprint density at radius 3 is 2.59 bits per heavy atom. The van der Waals surface area contributed by atoms with Crippen LogP contribution >= 0.6 is 0 Å². The molecule has 0 atom stereocenters. The molecule has 0 spiro atoms. The van der Waals surface area contributed by atoms with E-state index >= 15 is 0 Å². The number of carbonyl (C=O) groups is 1. The van der Waals surface area contributed by atoms with Gasteiger partial charge in [-0.05, 0) is 32.0 Å². The van der Waals surface area contributed by atoms with Crippen LogP contribution in [-0.2, 0) is 0 Å². The number of H-pyrrole nitrogens is 1. The van der Waals surface area contributed by atoms with Crippen molar-refractivity contribution in [1.82, 2.24) is 25.1 Å². The standard InChI is InChI=1S/C19H22N6O2/c1-12-17(13(2)23-22-12)19(26)25-8-6-24(7-9-25)14-4-5-16-15(10-14)18(27-3)21-11-20-16/h4-5,10-11H,6-9H2,1-3H3,(H,22,23). The number of carbonyl (C=O) groups excluding carboxylic acids is 1. The Balaban J connectivity index is 1.51. The monoisotopic (exact) mass is 366 g/mol. The molecule has 140 valence electrons. The summed E-state index contributed by atoms with van der Waals surface area (Å²) >= 11 is 0. The number of amides is 1. The van der Waals surface area contributed by atoms with Crippen LogP contribution < -0.4 is 9.64 Å². The molecule has 1 aromatic carbocycles. The molecule has 1 amide bonds. The van der Waals surface area contributed by atoms with Gasteiger partial charge in [-0.3, -0.25) is 9.89 Å². The van der Waals surface area contributed by atoms with Gasteiger partial charge in [-0.1, -0.05) is 0 Å². The number of methoxy groups -OCH3 is 1. The van der Waals surface area contributed by atoms with Crippen LogP contribution in [0.5, 0.6) is 5.88 Å². The van der Waals surface area contributed by atoms with E-state index in [0.717, 1.165) is 41.1 Å². The third-order valence-corrected chi connectivity index (χ3v) is 5.05. The number of hydrogen-bond donors (Lipinski definition) is 1. The van der Waals surface area contributed by atoms with Crippen LogP contribution in [0, 0.1) is 13.8 Å². The second kappa shape index (κ2) is 6.86. The normalized spacial score (nSPS) is 14.6. The quantitative estimate of drug-likeness (QED) is 0.762. The van der Waals surface area contributed by atoms with Crippen LogP contribution in [-0.4, -0.2) is 64.3 Å². The number of rotatable bonds is 3. The van der Waals surface area contributed by atoms with E-state index in [2.05, 4.69) is 37.2 Å². The van der Waals surface area contributed by atoms with Gasteiger partial charge >= 0.3 is 0 Å². The first-order valence-corrected chi connectivity index (χ1v) is 8.93. The predicted octanol–water partition coefficient (Wildman–Crippen LogP) is 1.94. The minimum atomic E-state index is 0.0481. The van der Waals surface area contributed by atoms with Gasteiger partial charge in [0.05, 0.1) is 29.3 Å². The first-order chi connectivity index (χ1) is 13.1. The minimum Gasteiger partial charge on any atom is -0.480 e. The number of nitrogens with zero attached hydrogens (tertiary/aromatic N) is 5. The zero-order chi connectivity index (χ0) is 19.0.